The van der Waals surface area contributed by atoms with Gasteiger partial charge in [0.2, 0.25) is 17.7 Å². The number of carbonyl (C=O) groups excluding carboxylic acids is 5. The van der Waals surface area contributed by atoms with E-state index in [2.05, 4.69) is 21.3 Å². The molecule has 0 spiro atoms. The largest absolute Gasteiger partial charge is 0.451 e. The molecule has 234 valence electrons. The molecule has 10 heteroatoms. The van der Waals surface area contributed by atoms with Crippen molar-refractivity contribution in [1.29, 1.82) is 0 Å². The second kappa shape index (κ2) is 16.3. The van der Waals surface area contributed by atoms with E-state index in [0.29, 0.717) is 6.42 Å². The summed E-state index contributed by atoms with van der Waals surface area (Å²) in [6.45, 7) is 15.1. The zero-order valence-electron chi connectivity index (χ0n) is 26.4. The van der Waals surface area contributed by atoms with Crippen molar-refractivity contribution in [2.45, 2.75) is 111 Å². The predicted octanol–water partition coefficient (Wildman–Crippen LogP) is 2.89. The lowest BCUT2D eigenvalue weighted by Crippen LogP contribution is -2.59. The Morgan fingerprint density at radius 1 is 0.595 bits per heavy atom. The average Bonchev–Trinajstić information content (AvgIpc) is 2.89. The van der Waals surface area contributed by atoms with E-state index in [1.807, 2.05) is 71.9 Å². The first-order valence-corrected chi connectivity index (χ1v) is 15.1. The summed E-state index contributed by atoms with van der Waals surface area (Å²) in [4.78, 5) is 67.7. The van der Waals surface area contributed by atoms with Gasteiger partial charge in [0, 0.05) is 6.42 Å². The Morgan fingerprint density at radius 3 is 1.64 bits per heavy atom. The molecule has 1 heterocycles. The molecule has 1 aliphatic heterocycles. The lowest BCUT2D eigenvalue weighted by molar-refractivity contribution is -0.160. The van der Waals surface area contributed by atoms with E-state index in [4.69, 9.17) is 4.74 Å². The molecule has 5 atom stereocenters. The first-order valence-electron chi connectivity index (χ1n) is 15.1. The number of esters is 1. The first kappa shape index (κ1) is 34.8. The predicted molar refractivity (Wildman–Crippen MR) is 161 cm³/mol. The van der Waals surface area contributed by atoms with Gasteiger partial charge in [-0.3, -0.25) is 19.2 Å². The molecule has 1 saturated heterocycles. The van der Waals surface area contributed by atoms with E-state index in [1.54, 1.807) is 13.8 Å². The fourth-order valence-electron chi connectivity index (χ4n) is 4.89. The molecule has 42 heavy (non-hydrogen) atoms. The van der Waals surface area contributed by atoms with Crippen molar-refractivity contribution < 1.29 is 28.7 Å². The standard InChI is InChI=1S/C32H50N4O6/c1-18(2)14-23-28(37)33-24(17-22-12-10-9-11-13-22)29(38)35-25(15-19(3)4)32(41)42-26(16-20(5)6)30(39)36-27(21(7)8)31(40)34-23/h9-13,18-21,23-27H,14-17H2,1-8H3,(H,33,37)(H,34,40)(H,35,38)(H,36,39)/t23?,24-,25?,26-,27-/m0/s1. The van der Waals surface area contributed by atoms with Gasteiger partial charge in [-0.1, -0.05) is 85.7 Å². The Balaban J connectivity index is 2.59. The van der Waals surface area contributed by atoms with Gasteiger partial charge in [-0.25, -0.2) is 4.79 Å². The third kappa shape index (κ3) is 11.1. The molecular formula is C32H50N4O6. The molecule has 0 radical (unpaired) electrons. The number of benzene rings is 1. The van der Waals surface area contributed by atoms with Gasteiger partial charge in [0.05, 0.1) is 0 Å². The summed E-state index contributed by atoms with van der Waals surface area (Å²) in [6.07, 6.45) is -0.149. The number of hydrogen-bond acceptors (Lipinski definition) is 6. The van der Waals surface area contributed by atoms with Crippen LogP contribution in [0.2, 0.25) is 0 Å². The molecule has 1 aliphatic rings. The molecule has 10 nitrogen and oxygen atoms in total. The molecule has 0 saturated carbocycles. The van der Waals surface area contributed by atoms with Crippen molar-refractivity contribution >= 4 is 29.6 Å². The number of amides is 4. The van der Waals surface area contributed by atoms with E-state index in [9.17, 15) is 24.0 Å². The molecule has 1 fully saturated rings. The highest BCUT2D eigenvalue weighted by atomic mass is 16.5. The number of nitrogens with one attached hydrogen (secondary N) is 4. The maximum atomic E-state index is 13.7. The van der Waals surface area contributed by atoms with Crippen LogP contribution in [-0.4, -0.2) is 59.9 Å². The topological polar surface area (TPSA) is 143 Å². The van der Waals surface area contributed by atoms with Crippen LogP contribution in [0.1, 0.15) is 80.2 Å². The smallest absolute Gasteiger partial charge is 0.329 e. The summed E-state index contributed by atoms with van der Waals surface area (Å²) in [5, 5.41) is 11.2. The molecule has 0 aliphatic carbocycles. The van der Waals surface area contributed by atoms with Crippen LogP contribution in [0.3, 0.4) is 0 Å². The third-order valence-electron chi connectivity index (χ3n) is 7.05. The minimum atomic E-state index is -1.16. The molecule has 2 unspecified atom stereocenters. The highest BCUT2D eigenvalue weighted by Crippen LogP contribution is 2.16. The van der Waals surface area contributed by atoms with Crippen LogP contribution in [0, 0.1) is 23.7 Å². The van der Waals surface area contributed by atoms with Crippen molar-refractivity contribution in [3.8, 4) is 0 Å². The van der Waals surface area contributed by atoms with Crippen molar-refractivity contribution in [1.82, 2.24) is 21.3 Å². The zero-order valence-corrected chi connectivity index (χ0v) is 26.4. The fourth-order valence-corrected chi connectivity index (χ4v) is 4.89. The summed E-state index contributed by atoms with van der Waals surface area (Å²) < 4.78 is 5.74. The molecular weight excluding hydrogens is 536 g/mol. The van der Waals surface area contributed by atoms with E-state index in [1.165, 1.54) is 0 Å². The van der Waals surface area contributed by atoms with Gasteiger partial charge in [-0.15, -0.1) is 0 Å². The Bertz CT molecular complexity index is 1070. The van der Waals surface area contributed by atoms with E-state index in [-0.39, 0.29) is 42.9 Å². The second-order valence-corrected chi connectivity index (χ2v) is 12.9. The van der Waals surface area contributed by atoms with Crippen LogP contribution in [0.5, 0.6) is 0 Å². The summed E-state index contributed by atoms with van der Waals surface area (Å²) in [5.41, 5.74) is 0.815. The van der Waals surface area contributed by atoms with E-state index < -0.39 is 59.9 Å². The van der Waals surface area contributed by atoms with Gasteiger partial charge < -0.3 is 26.0 Å². The monoisotopic (exact) mass is 586 g/mol. The Kier molecular flexibility index (Phi) is 13.5. The molecule has 4 N–H and O–H groups in total. The number of ether oxygens (including phenoxy) is 1. The van der Waals surface area contributed by atoms with Crippen molar-refractivity contribution in [2.24, 2.45) is 23.7 Å². The van der Waals surface area contributed by atoms with Gasteiger partial charge in [0.1, 0.15) is 24.2 Å². The zero-order chi connectivity index (χ0) is 31.6. The molecule has 0 aromatic heterocycles. The number of hydrogen-bond donors (Lipinski definition) is 4. The van der Waals surface area contributed by atoms with Crippen LogP contribution in [0.25, 0.3) is 0 Å². The second-order valence-electron chi connectivity index (χ2n) is 12.9. The Hall–Kier alpha value is -3.43. The maximum absolute atomic E-state index is 13.7. The minimum Gasteiger partial charge on any atom is -0.451 e. The molecule has 4 amide bonds. The highest BCUT2D eigenvalue weighted by Gasteiger charge is 2.36. The maximum Gasteiger partial charge on any atom is 0.329 e. The van der Waals surface area contributed by atoms with Crippen molar-refractivity contribution in [2.75, 3.05) is 0 Å². The lowest BCUT2D eigenvalue weighted by Gasteiger charge is -2.28. The van der Waals surface area contributed by atoms with Crippen LogP contribution in [-0.2, 0) is 35.1 Å². The van der Waals surface area contributed by atoms with Gasteiger partial charge >= 0.3 is 5.97 Å². The van der Waals surface area contributed by atoms with Gasteiger partial charge in [-0.2, -0.15) is 0 Å². The molecule has 0 bridgehead atoms. The van der Waals surface area contributed by atoms with E-state index >= 15 is 0 Å². The van der Waals surface area contributed by atoms with Crippen molar-refractivity contribution in [3.63, 3.8) is 0 Å². The van der Waals surface area contributed by atoms with Crippen molar-refractivity contribution in [3.05, 3.63) is 35.9 Å². The number of rotatable bonds is 9. The quantitative estimate of drug-likeness (QED) is 0.328. The van der Waals surface area contributed by atoms with E-state index in [0.717, 1.165) is 5.56 Å². The van der Waals surface area contributed by atoms with Gasteiger partial charge in [0.15, 0.2) is 6.10 Å². The fraction of sp³-hybridized carbons (Fsp3) is 0.656. The molecule has 1 aromatic carbocycles. The average molecular weight is 587 g/mol. The van der Waals surface area contributed by atoms with Gasteiger partial charge in [0.25, 0.3) is 5.91 Å². The van der Waals surface area contributed by atoms with Crippen LogP contribution in [0.15, 0.2) is 30.3 Å². The number of carbonyl (C=O) groups is 5. The summed E-state index contributed by atoms with van der Waals surface area (Å²) >= 11 is 0. The normalized spacial score (nSPS) is 25.0. The highest BCUT2D eigenvalue weighted by molar-refractivity contribution is 5.96. The van der Waals surface area contributed by atoms with Crippen LogP contribution < -0.4 is 21.3 Å². The molecule has 2 rings (SSSR count). The van der Waals surface area contributed by atoms with Crippen LogP contribution >= 0.6 is 0 Å². The first-order chi connectivity index (χ1) is 19.7. The Labute approximate surface area is 250 Å². The summed E-state index contributed by atoms with van der Waals surface area (Å²) in [5.74, 6) is -3.16. The molecule has 1 aromatic rings. The van der Waals surface area contributed by atoms with Crippen LogP contribution in [0.4, 0.5) is 0 Å². The number of cyclic esters (lactones) is 1. The third-order valence-corrected chi connectivity index (χ3v) is 7.05. The SMILES string of the molecule is CC(C)CC1NC(=O)[C@H](C(C)C)NC(=O)[C@H](CC(C)C)OC(=O)C(CC(C)C)NC(=O)[C@H](Cc2ccccc2)NC1=O. The minimum absolute atomic E-state index is 0.00703. The van der Waals surface area contributed by atoms with Gasteiger partial charge in [-0.05, 0) is 48.5 Å². The Morgan fingerprint density at radius 2 is 1.10 bits per heavy atom. The lowest BCUT2D eigenvalue weighted by atomic mass is 9.98. The summed E-state index contributed by atoms with van der Waals surface area (Å²) in [7, 11) is 0. The summed E-state index contributed by atoms with van der Waals surface area (Å²) in [6, 6.07) is 5.27.